The van der Waals surface area contributed by atoms with Gasteiger partial charge in [-0.3, -0.25) is 4.79 Å². The fourth-order valence-corrected chi connectivity index (χ4v) is 2.92. The molecule has 70 valence electrons. The highest BCUT2D eigenvalue weighted by atomic mass is 32.2. The molecule has 0 N–H and O–H groups in total. The quantitative estimate of drug-likeness (QED) is 0.727. The lowest BCUT2D eigenvalue weighted by atomic mass is 10.1. The standard InChI is InChI=1S/C10H12O2S/c1-7-10(11)6-9(13-7)5-8-3-2-4-12-8/h2-4,7,9H,5-6H2,1H3. The second-order valence-corrected chi connectivity index (χ2v) is 5.00. The fraction of sp³-hybridized carbons (Fsp3) is 0.500. The van der Waals surface area contributed by atoms with E-state index in [1.165, 1.54) is 0 Å². The minimum Gasteiger partial charge on any atom is -0.469 e. The van der Waals surface area contributed by atoms with Crippen LogP contribution in [-0.2, 0) is 11.2 Å². The van der Waals surface area contributed by atoms with Gasteiger partial charge in [-0.05, 0) is 19.1 Å². The zero-order chi connectivity index (χ0) is 9.26. The van der Waals surface area contributed by atoms with Crippen molar-refractivity contribution in [2.24, 2.45) is 0 Å². The van der Waals surface area contributed by atoms with E-state index >= 15 is 0 Å². The second kappa shape index (κ2) is 3.58. The molecule has 0 spiro atoms. The minimum absolute atomic E-state index is 0.181. The van der Waals surface area contributed by atoms with Crippen molar-refractivity contribution in [2.45, 2.75) is 30.3 Å². The highest BCUT2D eigenvalue weighted by Gasteiger charge is 2.30. The zero-order valence-corrected chi connectivity index (χ0v) is 8.34. The van der Waals surface area contributed by atoms with E-state index in [1.54, 1.807) is 18.0 Å². The number of rotatable bonds is 2. The van der Waals surface area contributed by atoms with E-state index in [0.29, 0.717) is 17.5 Å². The van der Waals surface area contributed by atoms with Crippen molar-refractivity contribution in [1.29, 1.82) is 0 Å². The molecule has 1 aromatic rings. The first-order chi connectivity index (χ1) is 6.25. The molecule has 3 heteroatoms. The van der Waals surface area contributed by atoms with Crippen LogP contribution in [-0.4, -0.2) is 16.3 Å². The number of furan rings is 1. The normalized spacial score (nSPS) is 28.2. The summed E-state index contributed by atoms with van der Waals surface area (Å²) in [5.74, 6) is 1.36. The number of carbonyl (C=O) groups is 1. The van der Waals surface area contributed by atoms with Crippen LogP contribution in [0.15, 0.2) is 22.8 Å². The summed E-state index contributed by atoms with van der Waals surface area (Å²) < 4.78 is 5.24. The zero-order valence-electron chi connectivity index (χ0n) is 7.53. The molecular formula is C10H12O2S. The average molecular weight is 196 g/mol. The lowest BCUT2D eigenvalue weighted by Crippen LogP contribution is -2.05. The largest absolute Gasteiger partial charge is 0.469 e. The van der Waals surface area contributed by atoms with Crippen LogP contribution < -0.4 is 0 Å². The number of hydrogen-bond donors (Lipinski definition) is 0. The van der Waals surface area contributed by atoms with Crippen molar-refractivity contribution in [3.63, 3.8) is 0 Å². The van der Waals surface area contributed by atoms with Gasteiger partial charge in [-0.2, -0.15) is 0 Å². The number of carbonyl (C=O) groups excluding carboxylic acids is 1. The summed E-state index contributed by atoms with van der Waals surface area (Å²) in [4.78, 5) is 11.3. The summed E-state index contributed by atoms with van der Waals surface area (Å²) in [5.41, 5.74) is 0. The third kappa shape index (κ3) is 1.97. The Bertz CT molecular complexity index is 292. The Labute approximate surface area is 81.7 Å². The highest BCUT2D eigenvalue weighted by Crippen LogP contribution is 2.32. The van der Waals surface area contributed by atoms with Gasteiger partial charge < -0.3 is 4.42 Å². The van der Waals surface area contributed by atoms with Crippen LogP contribution in [0.25, 0.3) is 0 Å². The third-order valence-corrected chi connectivity index (χ3v) is 3.68. The molecule has 13 heavy (non-hydrogen) atoms. The predicted octanol–water partition coefficient (Wildman–Crippen LogP) is 2.29. The molecular weight excluding hydrogens is 184 g/mol. The van der Waals surface area contributed by atoms with E-state index in [-0.39, 0.29) is 5.25 Å². The topological polar surface area (TPSA) is 30.2 Å². The Balaban J connectivity index is 1.94. The number of thioether (sulfide) groups is 1. The van der Waals surface area contributed by atoms with Gasteiger partial charge in [-0.1, -0.05) is 0 Å². The molecule has 2 nitrogen and oxygen atoms in total. The summed E-state index contributed by atoms with van der Waals surface area (Å²) >= 11 is 1.76. The van der Waals surface area contributed by atoms with E-state index in [1.807, 2.05) is 19.1 Å². The van der Waals surface area contributed by atoms with Gasteiger partial charge in [-0.25, -0.2) is 0 Å². The van der Waals surface area contributed by atoms with Gasteiger partial charge in [0.2, 0.25) is 0 Å². The van der Waals surface area contributed by atoms with E-state index in [0.717, 1.165) is 12.2 Å². The van der Waals surface area contributed by atoms with Crippen LogP contribution in [0.4, 0.5) is 0 Å². The molecule has 0 radical (unpaired) electrons. The van der Waals surface area contributed by atoms with Crippen molar-refractivity contribution in [3.8, 4) is 0 Å². The summed E-state index contributed by atoms with van der Waals surface area (Å²) in [6.45, 7) is 1.98. The first kappa shape index (κ1) is 8.88. The van der Waals surface area contributed by atoms with Crippen LogP contribution in [0, 0.1) is 0 Å². The van der Waals surface area contributed by atoms with E-state index in [9.17, 15) is 4.79 Å². The first-order valence-corrected chi connectivity index (χ1v) is 5.40. The number of ketones is 1. The molecule has 0 amide bonds. The molecule has 2 atom stereocenters. The monoisotopic (exact) mass is 196 g/mol. The smallest absolute Gasteiger partial charge is 0.146 e. The third-order valence-electron chi connectivity index (χ3n) is 2.29. The first-order valence-electron chi connectivity index (χ1n) is 4.46. The summed E-state index contributed by atoms with van der Waals surface area (Å²) in [6.07, 6.45) is 3.26. The van der Waals surface area contributed by atoms with Gasteiger partial charge in [0.1, 0.15) is 11.5 Å². The molecule has 1 aliphatic rings. The fourth-order valence-electron chi connectivity index (χ4n) is 1.58. The maximum atomic E-state index is 11.3. The number of hydrogen-bond acceptors (Lipinski definition) is 3. The molecule has 1 aliphatic heterocycles. The molecule has 1 aromatic heterocycles. The van der Waals surface area contributed by atoms with E-state index in [2.05, 4.69) is 0 Å². The molecule has 0 aliphatic carbocycles. The molecule has 2 rings (SSSR count). The van der Waals surface area contributed by atoms with Crippen LogP contribution in [0.5, 0.6) is 0 Å². The maximum Gasteiger partial charge on any atom is 0.146 e. The van der Waals surface area contributed by atoms with Crippen LogP contribution in [0.3, 0.4) is 0 Å². The molecule has 2 unspecified atom stereocenters. The minimum atomic E-state index is 0.181. The summed E-state index contributed by atoms with van der Waals surface area (Å²) in [7, 11) is 0. The molecule has 1 fully saturated rings. The average Bonchev–Trinajstić information content (AvgIpc) is 2.64. The Morgan fingerprint density at radius 1 is 1.69 bits per heavy atom. The van der Waals surface area contributed by atoms with Gasteiger partial charge in [0.05, 0.1) is 11.5 Å². The predicted molar refractivity (Wildman–Crippen MR) is 52.9 cm³/mol. The molecule has 2 heterocycles. The van der Waals surface area contributed by atoms with E-state index < -0.39 is 0 Å². The molecule has 0 saturated carbocycles. The lowest BCUT2D eigenvalue weighted by Gasteiger charge is -2.04. The van der Waals surface area contributed by atoms with Crippen molar-refractivity contribution < 1.29 is 9.21 Å². The van der Waals surface area contributed by atoms with Gasteiger partial charge in [0, 0.05) is 18.1 Å². The van der Waals surface area contributed by atoms with Crippen molar-refractivity contribution >= 4 is 17.5 Å². The van der Waals surface area contributed by atoms with Gasteiger partial charge in [0.25, 0.3) is 0 Å². The molecule has 0 bridgehead atoms. The Morgan fingerprint density at radius 2 is 2.54 bits per heavy atom. The SMILES string of the molecule is CC1SC(Cc2ccco2)CC1=O. The van der Waals surface area contributed by atoms with Gasteiger partial charge >= 0.3 is 0 Å². The molecule has 1 saturated heterocycles. The van der Waals surface area contributed by atoms with Crippen molar-refractivity contribution in [1.82, 2.24) is 0 Å². The van der Waals surface area contributed by atoms with E-state index in [4.69, 9.17) is 4.42 Å². The van der Waals surface area contributed by atoms with Gasteiger partial charge in [-0.15, -0.1) is 11.8 Å². The van der Waals surface area contributed by atoms with Crippen LogP contribution in [0.2, 0.25) is 0 Å². The highest BCUT2D eigenvalue weighted by molar-refractivity contribution is 8.01. The summed E-state index contributed by atoms with van der Waals surface area (Å²) in [5, 5.41) is 0.605. The van der Waals surface area contributed by atoms with Crippen LogP contribution >= 0.6 is 11.8 Å². The lowest BCUT2D eigenvalue weighted by molar-refractivity contribution is -0.117. The van der Waals surface area contributed by atoms with Crippen LogP contribution in [0.1, 0.15) is 19.1 Å². The Kier molecular flexibility index (Phi) is 2.44. The number of Topliss-reactive ketones (excluding diaryl/α,β-unsaturated/α-hetero) is 1. The Hall–Kier alpha value is -0.700. The van der Waals surface area contributed by atoms with Crippen molar-refractivity contribution in [3.05, 3.63) is 24.2 Å². The Morgan fingerprint density at radius 3 is 3.08 bits per heavy atom. The summed E-state index contributed by atoms with van der Waals surface area (Å²) in [6, 6.07) is 3.86. The van der Waals surface area contributed by atoms with Gasteiger partial charge in [0.15, 0.2) is 0 Å². The second-order valence-electron chi connectivity index (χ2n) is 3.35. The molecule has 0 aromatic carbocycles. The maximum absolute atomic E-state index is 11.3. The van der Waals surface area contributed by atoms with Crippen molar-refractivity contribution in [2.75, 3.05) is 0 Å².